The number of hydrogen-bond acceptors (Lipinski definition) is 5. The Labute approximate surface area is 105 Å². The van der Waals surface area contributed by atoms with Gasteiger partial charge in [-0.15, -0.1) is 0 Å². The highest BCUT2D eigenvalue weighted by molar-refractivity contribution is 5.76. The molecule has 0 aromatic carbocycles. The Morgan fingerprint density at radius 2 is 2.00 bits per heavy atom. The molecule has 7 N–H and O–H groups in total. The van der Waals surface area contributed by atoms with E-state index in [1.165, 1.54) is 6.92 Å². The minimum Gasteiger partial charge on any atom is -0.481 e. The molecular weight excluding hydrogens is 240 g/mol. The molecule has 8 heteroatoms. The largest absolute Gasteiger partial charge is 0.481 e. The molecule has 0 unspecified atom stereocenters. The number of guanidine groups is 1. The van der Waals surface area contributed by atoms with Crippen LogP contribution in [0.2, 0.25) is 0 Å². The smallest absolute Gasteiger partial charge is 0.323 e. The highest BCUT2D eigenvalue weighted by atomic mass is 16.5. The number of nitrogens with zero attached hydrogens (tertiary/aromatic N) is 1. The minimum absolute atomic E-state index is 0.0128. The zero-order chi connectivity index (χ0) is 14.1. The van der Waals surface area contributed by atoms with Crippen molar-refractivity contribution in [1.29, 1.82) is 0 Å². The van der Waals surface area contributed by atoms with Gasteiger partial charge in [-0.2, -0.15) is 0 Å². The number of aliphatic imine (C=N–C) groups is 1. The number of aliphatic carboxylic acids is 1. The Kier molecular flexibility index (Phi) is 7.45. The molecule has 0 aromatic rings. The fourth-order valence-electron chi connectivity index (χ4n) is 1.21. The van der Waals surface area contributed by atoms with Gasteiger partial charge in [0.25, 0.3) is 0 Å². The van der Waals surface area contributed by atoms with E-state index in [1.807, 2.05) is 0 Å². The van der Waals surface area contributed by atoms with Gasteiger partial charge < -0.3 is 27.0 Å². The molecule has 0 aliphatic rings. The third-order valence-corrected chi connectivity index (χ3v) is 2.05. The second kappa shape index (κ2) is 8.29. The van der Waals surface area contributed by atoms with Crippen molar-refractivity contribution in [2.45, 2.75) is 38.3 Å². The van der Waals surface area contributed by atoms with E-state index in [0.29, 0.717) is 19.4 Å². The van der Waals surface area contributed by atoms with Gasteiger partial charge in [0.1, 0.15) is 12.1 Å². The van der Waals surface area contributed by atoms with Crippen LogP contribution < -0.4 is 17.2 Å². The number of rotatable bonds is 8. The topological polar surface area (TPSA) is 154 Å². The molecule has 0 saturated carbocycles. The molecule has 0 aromatic heterocycles. The Balaban J connectivity index is 3.89. The second-order valence-electron chi connectivity index (χ2n) is 3.90. The predicted octanol–water partition coefficient (Wildman–Crippen LogP) is -1.23. The van der Waals surface area contributed by atoms with Gasteiger partial charge in [0.05, 0.1) is 6.42 Å². The first-order valence-electron chi connectivity index (χ1n) is 5.56. The van der Waals surface area contributed by atoms with Crippen molar-refractivity contribution in [3.63, 3.8) is 0 Å². The van der Waals surface area contributed by atoms with Gasteiger partial charge in [0.15, 0.2) is 5.96 Å². The van der Waals surface area contributed by atoms with Crippen LogP contribution in [0.3, 0.4) is 0 Å². The highest BCUT2D eigenvalue weighted by Gasteiger charge is 2.18. The van der Waals surface area contributed by atoms with Crippen LogP contribution in [0.5, 0.6) is 0 Å². The molecule has 8 nitrogen and oxygen atoms in total. The molecule has 18 heavy (non-hydrogen) atoms. The van der Waals surface area contributed by atoms with E-state index < -0.39 is 24.1 Å². The molecule has 0 bridgehead atoms. The molecule has 104 valence electrons. The van der Waals surface area contributed by atoms with Gasteiger partial charge in [0, 0.05) is 6.54 Å². The van der Waals surface area contributed by atoms with Gasteiger partial charge in [0.2, 0.25) is 0 Å². The number of carbonyl (C=O) groups excluding carboxylic acids is 1. The van der Waals surface area contributed by atoms with E-state index in [2.05, 4.69) is 4.99 Å². The van der Waals surface area contributed by atoms with Crippen LogP contribution in [0.4, 0.5) is 0 Å². The summed E-state index contributed by atoms with van der Waals surface area (Å²) in [6, 6.07) is -0.796. The minimum atomic E-state index is -1.03. The third kappa shape index (κ3) is 8.34. The molecule has 0 aliphatic carbocycles. The van der Waals surface area contributed by atoms with E-state index in [1.54, 1.807) is 0 Å². The SMILES string of the molecule is C[C@H](CC(=O)O)OC(=O)[C@@H](N)CCCN=C(N)N. The van der Waals surface area contributed by atoms with Crippen molar-refractivity contribution in [3.05, 3.63) is 0 Å². The van der Waals surface area contributed by atoms with E-state index in [0.717, 1.165) is 0 Å². The van der Waals surface area contributed by atoms with Crippen LogP contribution in [-0.2, 0) is 14.3 Å². The summed E-state index contributed by atoms with van der Waals surface area (Å²) in [6.07, 6.45) is -0.0256. The highest BCUT2D eigenvalue weighted by Crippen LogP contribution is 2.03. The fourth-order valence-corrected chi connectivity index (χ4v) is 1.21. The van der Waals surface area contributed by atoms with Crippen LogP contribution in [-0.4, -0.2) is 41.7 Å². The number of ether oxygens (including phenoxy) is 1. The summed E-state index contributed by atoms with van der Waals surface area (Å²) in [5.74, 6) is -1.66. The number of nitrogens with two attached hydrogens (primary N) is 3. The molecule has 0 aliphatic heterocycles. The monoisotopic (exact) mass is 260 g/mol. The lowest BCUT2D eigenvalue weighted by atomic mass is 10.1. The van der Waals surface area contributed by atoms with Crippen molar-refractivity contribution >= 4 is 17.9 Å². The van der Waals surface area contributed by atoms with Crippen LogP contribution >= 0.6 is 0 Å². The van der Waals surface area contributed by atoms with Gasteiger partial charge in [-0.25, -0.2) is 0 Å². The van der Waals surface area contributed by atoms with Crippen LogP contribution in [0.25, 0.3) is 0 Å². The first kappa shape index (κ1) is 16.2. The maximum absolute atomic E-state index is 11.4. The van der Waals surface area contributed by atoms with E-state index in [4.69, 9.17) is 27.0 Å². The fraction of sp³-hybridized carbons (Fsp3) is 0.700. The summed E-state index contributed by atoms with van der Waals surface area (Å²) in [4.78, 5) is 25.6. The summed E-state index contributed by atoms with van der Waals surface area (Å²) < 4.78 is 4.87. The standard InChI is InChI=1S/C10H20N4O4/c1-6(5-8(15)16)18-9(17)7(11)3-2-4-14-10(12)13/h6-7H,2-5,11H2,1H3,(H,15,16)(H4,12,13,14)/t6-,7+/m1/s1. The molecule has 0 amide bonds. The lowest BCUT2D eigenvalue weighted by Crippen LogP contribution is -2.35. The van der Waals surface area contributed by atoms with Gasteiger partial charge >= 0.3 is 11.9 Å². The Morgan fingerprint density at radius 1 is 1.39 bits per heavy atom. The molecule has 0 rings (SSSR count). The van der Waals surface area contributed by atoms with Crippen molar-refractivity contribution < 1.29 is 19.4 Å². The predicted molar refractivity (Wildman–Crippen MR) is 65.7 cm³/mol. The van der Waals surface area contributed by atoms with Crippen molar-refractivity contribution in [2.75, 3.05) is 6.54 Å². The normalized spacial score (nSPS) is 13.4. The summed E-state index contributed by atoms with van der Waals surface area (Å²) in [5.41, 5.74) is 15.8. The van der Waals surface area contributed by atoms with Gasteiger partial charge in [-0.1, -0.05) is 0 Å². The second-order valence-corrected chi connectivity index (χ2v) is 3.90. The summed E-state index contributed by atoms with van der Waals surface area (Å²) >= 11 is 0. The van der Waals surface area contributed by atoms with Gasteiger partial charge in [-0.3, -0.25) is 14.6 Å². The molecular formula is C10H20N4O4. The zero-order valence-electron chi connectivity index (χ0n) is 10.3. The number of carboxylic acid groups (broad SMARTS) is 1. The van der Waals surface area contributed by atoms with Crippen molar-refractivity contribution in [1.82, 2.24) is 0 Å². The Bertz CT molecular complexity index is 315. The molecule has 0 fully saturated rings. The van der Waals surface area contributed by atoms with E-state index >= 15 is 0 Å². The quantitative estimate of drug-likeness (QED) is 0.184. The number of carboxylic acids is 1. The molecule has 2 atom stereocenters. The third-order valence-electron chi connectivity index (χ3n) is 2.05. The zero-order valence-corrected chi connectivity index (χ0v) is 10.3. The summed E-state index contributed by atoms with van der Waals surface area (Å²) in [5, 5.41) is 8.50. The first-order chi connectivity index (χ1) is 8.32. The molecule has 0 heterocycles. The van der Waals surface area contributed by atoms with E-state index in [-0.39, 0.29) is 12.4 Å². The van der Waals surface area contributed by atoms with E-state index in [9.17, 15) is 9.59 Å². The maximum atomic E-state index is 11.4. The van der Waals surface area contributed by atoms with Gasteiger partial charge in [-0.05, 0) is 19.8 Å². The molecule has 0 saturated heterocycles. The molecule has 0 spiro atoms. The van der Waals surface area contributed by atoms with Crippen LogP contribution in [0.15, 0.2) is 4.99 Å². The lowest BCUT2D eigenvalue weighted by molar-refractivity contribution is -0.153. The number of carbonyl (C=O) groups is 2. The number of esters is 1. The van der Waals surface area contributed by atoms with Crippen molar-refractivity contribution in [2.24, 2.45) is 22.2 Å². The summed E-state index contributed by atoms with van der Waals surface area (Å²) in [6.45, 7) is 1.88. The lowest BCUT2D eigenvalue weighted by Gasteiger charge is -2.15. The maximum Gasteiger partial charge on any atom is 0.323 e. The van der Waals surface area contributed by atoms with Crippen molar-refractivity contribution in [3.8, 4) is 0 Å². The number of hydrogen-bond donors (Lipinski definition) is 4. The Hall–Kier alpha value is -1.83. The first-order valence-corrected chi connectivity index (χ1v) is 5.56. The van der Waals surface area contributed by atoms with Crippen LogP contribution in [0, 0.1) is 0 Å². The average molecular weight is 260 g/mol. The van der Waals surface area contributed by atoms with Crippen LogP contribution in [0.1, 0.15) is 26.2 Å². The molecule has 0 radical (unpaired) electrons. The Morgan fingerprint density at radius 3 is 2.50 bits per heavy atom. The average Bonchev–Trinajstić information content (AvgIpc) is 2.22. The summed E-state index contributed by atoms with van der Waals surface area (Å²) in [7, 11) is 0.